The lowest BCUT2D eigenvalue weighted by atomic mass is 10.1. The molecule has 0 fully saturated rings. The van der Waals surface area contributed by atoms with Crippen molar-refractivity contribution in [2.45, 2.75) is 26.3 Å². The monoisotopic (exact) mass is 345 g/mol. The van der Waals surface area contributed by atoms with Crippen LogP contribution in [-0.4, -0.2) is 31.6 Å². The molecule has 1 aliphatic rings. The molecular weight excluding hydrogens is 326 g/mol. The molecule has 1 atom stereocenters. The zero-order chi connectivity index (χ0) is 17.5. The molecule has 1 aromatic carbocycles. The largest absolute Gasteiger partial charge is 0.307 e. The van der Waals surface area contributed by atoms with Crippen molar-refractivity contribution in [3.05, 3.63) is 53.2 Å². The Labute approximate surface area is 141 Å². The third-order valence-electron chi connectivity index (χ3n) is 4.01. The summed E-state index contributed by atoms with van der Waals surface area (Å²) in [5.74, 6) is 0.230. The normalized spacial score (nSPS) is 16.8. The zero-order valence-electron chi connectivity index (χ0n) is 13.8. The Balaban J connectivity index is 1.87. The van der Waals surface area contributed by atoms with Gasteiger partial charge in [0.2, 0.25) is 10.0 Å². The van der Waals surface area contributed by atoms with Crippen LogP contribution in [0.3, 0.4) is 0 Å². The van der Waals surface area contributed by atoms with Crippen LogP contribution in [0.1, 0.15) is 28.4 Å². The second-order valence-corrected chi connectivity index (χ2v) is 7.99. The van der Waals surface area contributed by atoms with E-state index in [9.17, 15) is 13.2 Å². The fourth-order valence-electron chi connectivity index (χ4n) is 3.04. The Morgan fingerprint density at radius 2 is 2.04 bits per heavy atom. The van der Waals surface area contributed by atoms with Crippen LogP contribution in [0.4, 0.5) is 11.5 Å². The van der Waals surface area contributed by atoms with E-state index in [1.165, 1.54) is 10.6 Å². The molecule has 2 aromatic rings. The first kappa shape index (κ1) is 16.4. The molecular formula is C17H19N3O3S. The minimum absolute atomic E-state index is 0.147. The Morgan fingerprint density at radius 3 is 2.71 bits per heavy atom. The van der Waals surface area contributed by atoms with Crippen molar-refractivity contribution in [3.63, 3.8) is 0 Å². The van der Waals surface area contributed by atoms with Gasteiger partial charge in [0.25, 0.3) is 5.91 Å². The van der Waals surface area contributed by atoms with Gasteiger partial charge in [-0.2, -0.15) is 0 Å². The molecule has 1 aliphatic heterocycles. The number of sulfonamides is 1. The summed E-state index contributed by atoms with van der Waals surface area (Å²) in [6, 6.07) is 8.58. The number of rotatable bonds is 3. The van der Waals surface area contributed by atoms with Gasteiger partial charge in [0, 0.05) is 17.8 Å². The number of hydrogen-bond acceptors (Lipinski definition) is 4. The predicted molar refractivity (Wildman–Crippen MR) is 93.9 cm³/mol. The summed E-state index contributed by atoms with van der Waals surface area (Å²) in [5.41, 5.74) is 3.00. The maximum atomic E-state index is 12.4. The van der Waals surface area contributed by atoms with E-state index in [2.05, 4.69) is 10.3 Å². The Morgan fingerprint density at radius 1 is 1.29 bits per heavy atom. The van der Waals surface area contributed by atoms with Gasteiger partial charge in [0.05, 0.1) is 11.9 Å². The van der Waals surface area contributed by atoms with Crippen molar-refractivity contribution in [2.75, 3.05) is 15.9 Å². The summed E-state index contributed by atoms with van der Waals surface area (Å²) < 4.78 is 25.3. The molecule has 0 spiro atoms. The number of carbonyl (C=O) groups excluding carboxylic acids is 1. The quantitative estimate of drug-likeness (QED) is 0.926. The first-order valence-electron chi connectivity index (χ1n) is 7.62. The number of amides is 1. The molecule has 7 heteroatoms. The number of aryl methyl sites for hydroxylation is 1. The van der Waals surface area contributed by atoms with Crippen LogP contribution in [0.15, 0.2) is 36.5 Å². The maximum Gasteiger partial charge on any atom is 0.256 e. The topological polar surface area (TPSA) is 79.4 Å². The van der Waals surface area contributed by atoms with E-state index < -0.39 is 10.0 Å². The number of benzene rings is 1. The van der Waals surface area contributed by atoms with Crippen molar-refractivity contribution in [2.24, 2.45) is 0 Å². The van der Waals surface area contributed by atoms with Gasteiger partial charge < -0.3 is 5.32 Å². The summed E-state index contributed by atoms with van der Waals surface area (Å²) in [5, 5.41) is 2.76. The molecule has 3 rings (SSSR count). The SMILES string of the molecule is Cc1ccnc(NC(=O)c2ccc3c(c2)C[C@@H](C)N3S(C)(=O)=O)c1. The molecule has 0 radical (unpaired) electrons. The number of carbonyl (C=O) groups is 1. The standard InChI is InChI=1S/C17H19N3O3S/c1-11-6-7-18-16(8-11)19-17(21)13-4-5-15-14(10-13)9-12(2)20(15)24(3,22)23/h4-8,10,12H,9H2,1-3H3,(H,18,19,21)/t12-/m1/s1. The van der Waals surface area contributed by atoms with Gasteiger partial charge in [0.15, 0.2) is 0 Å². The summed E-state index contributed by atoms with van der Waals surface area (Å²) in [6.45, 7) is 3.78. The second kappa shape index (κ2) is 5.90. The molecule has 2 heterocycles. The Hall–Kier alpha value is -2.41. The number of aromatic nitrogens is 1. The molecule has 0 saturated carbocycles. The first-order chi connectivity index (χ1) is 11.3. The highest BCUT2D eigenvalue weighted by atomic mass is 32.2. The summed E-state index contributed by atoms with van der Waals surface area (Å²) in [6.07, 6.45) is 3.42. The van der Waals surface area contributed by atoms with E-state index >= 15 is 0 Å². The van der Waals surface area contributed by atoms with Gasteiger partial charge in [-0.25, -0.2) is 13.4 Å². The fourth-order valence-corrected chi connectivity index (χ4v) is 4.31. The summed E-state index contributed by atoms with van der Waals surface area (Å²) in [7, 11) is -3.33. The van der Waals surface area contributed by atoms with Gasteiger partial charge in [0.1, 0.15) is 5.82 Å². The maximum absolute atomic E-state index is 12.4. The number of hydrogen-bond donors (Lipinski definition) is 1. The first-order valence-corrected chi connectivity index (χ1v) is 9.47. The number of anilines is 2. The van der Waals surface area contributed by atoms with E-state index in [1.807, 2.05) is 19.9 Å². The van der Waals surface area contributed by atoms with Crippen LogP contribution in [-0.2, 0) is 16.4 Å². The van der Waals surface area contributed by atoms with Crippen LogP contribution in [0, 0.1) is 6.92 Å². The molecule has 24 heavy (non-hydrogen) atoms. The highest BCUT2D eigenvalue weighted by Gasteiger charge is 2.32. The molecule has 1 N–H and O–H groups in total. The minimum atomic E-state index is -3.33. The van der Waals surface area contributed by atoms with Crippen LogP contribution in [0.2, 0.25) is 0 Å². The number of nitrogens with one attached hydrogen (secondary N) is 1. The lowest BCUT2D eigenvalue weighted by molar-refractivity contribution is 0.102. The van der Waals surface area contributed by atoms with Crippen molar-refractivity contribution >= 4 is 27.4 Å². The van der Waals surface area contributed by atoms with Gasteiger partial charge >= 0.3 is 0 Å². The molecule has 0 saturated heterocycles. The summed E-state index contributed by atoms with van der Waals surface area (Å²) in [4.78, 5) is 16.5. The predicted octanol–water partition coefficient (Wildman–Crippen LogP) is 2.35. The average molecular weight is 345 g/mol. The Bertz CT molecular complexity index is 909. The second-order valence-electron chi connectivity index (χ2n) is 6.13. The molecule has 0 aliphatic carbocycles. The number of nitrogens with zero attached hydrogens (tertiary/aromatic N) is 2. The zero-order valence-corrected chi connectivity index (χ0v) is 14.6. The number of fused-ring (bicyclic) bond motifs is 1. The highest BCUT2D eigenvalue weighted by Crippen LogP contribution is 2.34. The van der Waals surface area contributed by atoms with Gasteiger partial charge in [-0.15, -0.1) is 0 Å². The van der Waals surface area contributed by atoms with Crippen molar-refractivity contribution in [3.8, 4) is 0 Å². The Kier molecular flexibility index (Phi) is 4.04. The summed E-state index contributed by atoms with van der Waals surface area (Å²) >= 11 is 0. The lowest BCUT2D eigenvalue weighted by Gasteiger charge is -2.21. The smallest absolute Gasteiger partial charge is 0.256 e. The molecule has 6 nitrogen and oxygen atoms in total. The van der Waals surface area contributed by atoms with E-state index in [-0.39, 0.29) is 11.9 Å². The van der Waals surface area contributed by atoms with Crippen LogP contribution in [0.5, 0.6) is 0 Å². The van der Waals surface area contributed by atoms with Crippen LogP contribution in [0.25, 0.3) is 0 Å². The van der Waals surface area contributed by atoms with Crippen molar-refractivity contribution in [1.29, 1.82) is 0 Å². The fraction of sp³-hybridized carbons (Fsp3) is 0.294. The molecule has 1 amide bonds. The van der Waals surface area contributed by atoms with E-state index in [1.54, 1.807) is 30.5 Å². The van der Waals surface area contributed by atoms with Crippen molar-refractivity contribution < 1.29 is 13.2 Å². The molecule has 1 aromatic heterocycles. The lowest BCUT2D eigenvalue weighted by Crippen LogP contribution is -2.34. The van der Waals surface area contributed by atoms with Gasteiger partial charge in [-0.05, 0) is 61.7 Å². The van der Waals surface area contributed by atoms with Gasteiger partial charge in [-0.1, -0.05) is 0 Å². The molecule has 126 valence electrons. The third-order valence-corrected chi connectivity index (χ3v) is 5.28. The van der Waals surface area contributed by atoms with Crippen LogP contribution >= 0.6 is 0 Å². The van der Waals surface area contributed by atoms with Gasteiger partial charge in [-0.3, -0.25) is 9.10 Å². The van der Waals surface area contributed by atoms with Crippen LogP contribution < -0.4 is 9.62 Å². The third kappa shape index (κ3) is 3.12. The average Bonchev–Trinajstić information content (AvgIpc) is 2.81. The minimum Gasteiger partial charge on any atom is -0.307 e. The van der Waals surface area contributed by atoms with E-state index in [0.717, 1.165) is 11.1 Å². The molecule has 0 bridgehead atoms. The highest BCUT2D eigenvalue weighted by molar-refractivity contribution is 7.92. The van der Waals surface area contributed by atoms with E-state index in [0.29, 0.717) is 23.5 Å². The van der Waals surface area contributed by atoms with E-state index in [4.69, 9.17) is 0 Å². The van der Waals surface area contributed by atoms with Crippen molar-refractivity contribution in [1.82, 2.24) is 4.98 Å². The molecule has 0 unspecified atom stereocenters. The number of pyridine rings is 1.